The molecule has 1 fully saturated rings. The molecule has 4 nitrogen and oxygen atoms in total. The summed E-state index contributed by atoms with van der Waals surface area (Å²) >= 11 is 5.83. The van der Waals surface area contributed by atoms with E-state index in [1.807, 2.05) is 12.1 Å². The molecule has 18 heavy (non-hydrogen) atoms. The summed E-state index contributed by atoms with van der Waals surface area (Å²) in [7, 11) is 0. The summed E-state index contributed by atoms with van der Waals surface area (Å²) in [4.78, 5) is 13.4. The molecule has 2 rings (SSSR count). The molecule has 1 aromatic rings. The van der Waals surface area contributed by atoms with Crippen molar-refractivity contribution in [1.82, 2.24) is 10.2 Å². The Morgan fingerprint density at radius 2 is 2.06 bits per heavy atom. The number of amides is 2. The molecule has 0 aromatic heterocycles. The maximum Gasteiger partial charge on any atom is 0.319 e. The summed E-state index contributed by atoms with van der Waals surface area (Å²) in [5, 5.41) is 12.6. The molecule has 1 aliphatic rings. The molecule has 1 N–H and O–H groups in total. The fourth-order valence-corrected chi connectivity index (χ4v) is 2.09. The van der Waals surface area contributed by atoms with Gasteiger partial charge in [0.1, 0.15) is 5.54 Å². The number of carbonyl (C=O) groups is 1. The lowest BCUT2D eigenvalue weighted by molar-refractivity contribution is 0.186. The number of hydrogen-bond donors (Lipinski definition) is 1. The van der Waals surface area contributed by atoms with Crippen LogP contribution in [0.15, 0.2) is 24.3 Å². The lowest BCUT2D eigenvalue weighted by Gasteiger charge is -2.27. The Kier molecular flexibility index (Phi) is 3.18. The van der Waals surface area contributed by atoms with Crippen molar-refractivity contribution in [1.29, 1.82) is 5.26 Å². The predicted octanol–water partition coefficient (Wildman–Crippen LogP) is 2.71. The van der Waals surface area contributed by atoms with Gasteiger partial charge in [0.15, 0.2) is 0 Å². The molecule has 1 heterocycles. The van der Waals surface area contributed by atoms with Gasteiger partial charge in [-0.15, -0.1) is 0 Å². The molecule has 1 aliphatic heterocycles. The number of rotatable bonds is 2. The highest BCUT2D eigenvalue weighted by Crippen LogP contribution is 2.26. The minimum atomic E-state index is -0.800. The summed E-state index contributed by atoms with van der Waals surface area (Å²) in [6.45, 7) is 3.95. The van der Waals surface area contributed by atoms with Gasteiger partial charge in [-0.25, -0.2) is 4.79 Å². The quantitative estimate of drug-likeness (QED) is 0.892. The van der Waals surface area contributed by atoms with E-state index in [9.17, 15) is 4.79 Å². The third-order valence-electron chi connectivity index (χ3n) is 3.13. The van der Waals surface area contributed by atoms with Gasteiger partial charge >= 0.3 is 6.03 Å². The molecule has 0 aliphatic carbocycles. The van der Waals surface area contributed by atoms with Crippen molar-refractivity contribution < 1.29 is 4.79 Å². The molecule has 0 radical (unpaired) electrons. The van der Waals surface area contributed by atoms with Crippen LogP contribution >= 0.6 is 11.6 Å². The molecule has 0 spiro atoms. The molecule has 2 amide bonds. The highest BCUT2D eigenvalue weighted by atomic mass is 35.5. The summed E-state index contributed by atoms with van der Waals surface area (Å²) in [6.07, 6.45) is 0. The lowest BCUT2D eigenvalue weighted by Crippen LogP contribution is -2.44. The van der Waals surface area contributed by atoms with Gasteiger partial charge in [0.25, 0.3) is 0 Å². The highest BCUT2D eigenvalue weighted by Gasteiger charge is 2.39. The van der Waals surface area contributed by atoms with E-state index in [0.717, 1.165) is 5.56 Å². The van der Waals surface area contributed by atoms with Crippen LogP contribution in [0.4, 0.5) is 4.79 Å². The van der Waals surface area contributed by atoms with Gasteiger partial charge in [0.05, 0.1) is 12.1 Å². The minimum Gasteiger partial charge on any atom is -0.329 e. The summed E-state index contributed by atoms with van der Waals surface area (Å²) in [5.41, 5.74) is 0.189. The molecular formula is C13H14ClN3O. The van der Waals surface area contributed by atoms with Crippen LogP contribution in [0.3, 0.4) is 0 Å². The van der Waals surface area contributed by atoms with Crippen molar-refractivity contribution in [3.05, 3.63) is 34.9 Å². The van der Waals surface area contributed by atoms with E-state index in [-0.39, 0.29) is 12.1 Å². The molecular weight excluding hydrogens is 250 g/mol. The van der Waals surface area contributed by atoms with Gasteiger partial charge in [-0.1, -0.05) is 23.7 Å². The summed E-state index contributed by atoms with van der Waals surface area (Å²) in [5.74, 6) is 0. The molecule has 5 heteroatoms. The zero-order valence-corrected chi connectivity index (χ0v) is 11.0. The first-order valence-corrected chi connectivity index (χ1v) is 6.07. The Morgan fingerprint density at radius 3 is 2.61 bits per heavy atom. The van der Waals surface area contributed by atoms with Crippen LogP contribution in [0.1, 0.15) is 25.5 Å². The third-order valence-corrected chi connectivity index (χ3v) is 3.38. The Bertz CT molecular complexity index is 504. The van der Waals surface area contributed by atoms with Crippen LogP contribution in [0.5, 0.6) is 0 Å². The average molecular weight is 264 g/mol. The Hall–Kier alpha value is -1.73. The van der Waals surface area contributed by atoms with Crippen molar-refractivity contribution in [2.45, 2.75) is 25.4 Å². The third kappa shape index (κ3) is 2.27. The van der Waals surface area contributed by atoms with Crippen LogP contribution in [0.25, 0.3) is 0 Å². The molecule has 1 atom stereocenters. The van der Waals surface area contributed by atoms with Crippen LogP contribution < -0.4 is 5.32 Å². The second kappa shape index (κ2) is 4.51. The number of nitriles is 1. The van der Waals surface area contributed by atoms with E-state index in [1.54, 1.807) is 30.9 Å². The Morgan fingerprint density at radius 1 is 1.44 bits per heavy atom. The van der Waals surface area contributed by atoms with E-state index < -0.39 is 5.54 Å². The first kappa shape index (κ1) is 12.7. The number of urea groups is 1. The van der Waals surface area contributed by atoms with Gasteiger partial charge < -0.3 is 10.2 Å². The molecule has 0 bridgehead atoms. The number of nitrogens with zero attached hydrogens (tertiary/aromatic N) is 2. The SMILES string of the molecule is CC(C)(C#N)N1CC(c2ccc(Cl)cc2)NC1=O. The predicted molar refractivity (Wildman–Crippen MR) is 69.1 cm³/mol. The van der Waals surface area contributed by atoms with Gasteiger partial charge in [0.2, 0.25) is 0 Å². The number of benzene rings is 1. The first-order valence-electron chi connectivity index (χ1n) is 5.69. The maximum atomic E-state index is 11.9. The fraction of sp³-hybridized carbons (Fsp3) is 0.385. The first-order chi connectivity index (χ1) is 8.44. The standard InChI is InChI=1S/C13H14ClN3O/c1-13(2,8-15)17-7-11(16-12(17)18)9-3-5-10(14)6-4-9/h3-6,11H,7H2,1-2H3,(H,16,18). The van der Waals surface area contributed by atoms with E-state index >= 15 is 0 Å². The van der Waals surface area contributed by atoms with E-state index in [0.29, 0.717) is 11.6 Å². The summed E-state index contributed by atoms with van der Waals surface area (Å²) in [6, 6.07) is 9.19. The zero-order valence-electron chi connectivity index (χ0n) is 10.3. The van der Waals surface area contributed by atoms with Gasteiger partial charge in [-0.2, -0.15) is 5.26 Å². The van der Waals surface area contributed by atoms with Gasteiger partial charge in [0, 0.05) is 11.6 Å². The number of hydrogen-bond acceptors (Lipinski definition) is 2. The number of halogens is 1. The van der Waals surface area contributed by atoms with Crippen LogP contribution in [0.2, 0.25) is 5.02 Å². The number of nitrogens with one attached hydrogen (secondary N) is 1. The minimum absolute atomic E-state index is 0.0950. The number of carbonyl (C=O) groups excluding carboxylic acids is 1. The molecule has 94 valence electrons. The van der Waals surface area contributed by atoms with Gasteiger partial charge in [-0.3, -0.25) is 0 Å². The van der Waals surface area contributed by atoms with Crippen LogP contribution in [-0.4, -0.2) is 23.0 Å². The monoisotopic (exact) mass is 263 g/mol. The highest BCUT2D eigenvalue weighted by molar-refractivity contribution is 6.30. The Balaban J connectivity index is 2.19. The topological polar surface area (TPSA) is 56.1 Å². The van der Waals surface area contributed by atoms with Crippen molar-refractivity contribution in [2.75, 3.05) is 6.54 Å². The smallest absolute Gasteiger partial charge is 0.319 e. The van der Waals surface area contributed by atoms with Crippen LogP contribution in [0, 0.1) is 11.3 Å². The van der Waals surface area contributed by atoms with Gasteiger partial charge in [-0.05, 0) is 31.5 Å². The normalized spacial score (nSPS) is 19.6. The Labute approximate surface area is 111 Å². The second-order valence-corrected chi connectivity index (χ2v) is 5.27. The molecule has 1 saturated heterocycles. The largest absolute Gasteiger partial charge is 0.329 e. The lowest BCUT2D eigenvalue weighted by atomic mass is 10.0. The fourth-order valence-electron chi connectivity index (χ4n) is 1.96. The molecule has 1 unspecified atom stereocenters. The van der Waals surface area contributed by atoms with Crippen LogP contribution in [-0.2, 0) is 0 Å². The van der Waals surface area contributed by atoms with E-state index in [2.05, 4.69) is 11.4 Å². The second-order valence-electron chi connectivity index (χ2n) is 4.84. The van der Waals surface area contributed by atoms with Crippen molar-refractivity contribution in [2.24, 2.45) is 0 Å². The van der Waals surface area contributed by atoms with E-state index in [4.69, 9.17) is 16.9 Å². The summed E-state index contributed by atoms with van der Waals surface area (Å²) < 4.78 is 0. The average Bonchev–Trinajstić information content (AvgIpc) is 2.73. The zero-order chi connectivity index (χ0) is 13.3. The van der Waals surface area contributed by atoms with Crippen molar-refractivity contribution >= 4 is 17.6 Å². The van der Waals surface area contributed by atoms with Crippen molar-refractivity contribution in [3.8, 4) is 6.07 Å². The van der Waals surface area contributed by atoms with Crippen molar-refractivity contribution in [3.63, 3.8) is 0 Å². The maximum absolute atomic E-state index is 11.9. The molecule has 1 aromatic carbocycles. The van der Waals surface area contributed by atoms with E-state index in [1.165, 1.54) is 0 Å². The molecule has 0 saturated carbocycles.